The van der Waals surface area contributed by atoms with Gasteiger partial charge in [-0.25, -0.2) is 0 Å². The molecule has 0 amide bonds. The zero-order valence-electron chi connectivity index (χ0n) is 12.5. The maximum absolute atomic E-state index is 6.09. The number of nitrogens with two attached hydrogens (primary N) is 1. The fourth-order valence-corrected chi connectivity index (χ4v) is 3.96. The van der Waals surface area contributed by atoms with Crippen molar-refractivity contribution in [3.63, 3.8) is 0 Å². The monoisotopic (exact) mass is 282 g/mol. The number of nitrogen functional groups attached to an aromatic ring is 1. The smallest absolute Gasteiger partial charge is 0.0951 e. The van der Waals surface area contributed by atoms with E-state index >= 15 is 0 Å². The molecule has 2 unspecified atom stereocenters. The van der Waals surface area contributed by atoms with Gasteiger partial charge in [-0.1, -0.05) is 12.1 Å². The van der Waals surface area contributed by atoms with Crippen LogP contribution in [-0.2, 0) is 0 Å². The molecule has 21 heavy (non-hydrogen) atoms. The van der Waals surface area contributed by atoms with Gasteiger partial charge in [0.15, 0.2) is 0 Å². The molecule has 3 heterocycles. The maximum Gasteiger partial charge on any atom is 0.0951 e. The van der Waals surface area contributed by atoms with Crippen LogP contribution in [0.1, 0.15) is 19.8 Å². The largest absolute Gasteiger partial charge is 0.397 e. The number of aromatic nitrogens is 1. The number of pyridine rings is 1. The van der Waals surface area contributed by atoms with Crippen LogP contribution in [0.4, 0.5) is 11.4 Å². The number of para-hydroxylation sites is 1. The maximum atomic E-state index is 6.09. The van der Waals surface area contributed by atoms with E-state index in [9.17, 15) is 0 Å². The second-order valence-electron chi connectivity index (χ2n) is 6.37. The fraction of sp³-hybridized carbons (Fsp3) is 0.471. The molecule has 2 N–H and O–H groups in total. The number of hydrogen-bond acceptors (Lipinski definition) is 4. The molecule has 1 aromatic heterocycles. The Balaban J connectivity index is 1.77. The van der Waals surface area contributed by atoms with E-state index in [0.717, 1.165) is 24.3 Å². The van der Waals surface area contributed by atoms with Gasteiger partial charge in [0.25, 0.3) is 0 Å². The van der Waals surface area contributed by atoms with Gasteiger partial charge >= 0.3 is 0 Å². The third-order valence-corrected chi connectivity index (χ3v) is 5.03. The fourth-order valence-electron chi connectivity index (χ4n) is 3.96. The Bertz CT molecular complexity index is 669. The molecule has 0 saturated carbocycles. The summed E-state index contributed by atoms with van der Waals surface area (Å²) in [4.78, 5) is 9.67. The molecule has 2 aliphatic rings. The summed E-state index contributed by atoms with van der Waals surface area (Å²) in [6, 6.07) is 9.48. The first-order valence-electron chi connectivity index (χ1n) is 7.88. The molecule has 2 aliphatic heterocycles. The molecule has 4 nitrogen and oxygen atoms in total. The third-order valence-electron chi connectivity index (χ3n) is 5.03. The van der Waals surface area contributed by atoms with Crippen LogP contribution in [0.3, 0.4) is 0 Å². The van der Waals surface area contributed by atoms with Crippen LogP contribution < -0.4 is 10.6 Å². The van der Waals surface area contributed by atoms with Crippen LogP contribution in [-0.4, -0.2) is 41.6 Å². The second-order valence-corrected chi connectivity index (χ2v) is 6.37. The first-order chi connectivity index (χ1) is 10.2. The minimum absolute atomic E-state index is 0.534. The van der Waals surface area contributed by atoms with E-state index in [2.05, 4.69) is 33.8 Å². The van der Waals surface area contributed by atoms with Gasteiger partial charge in [0.2, 0.25) is 0 Å². The number of piperazine rings is 1. The van der Waals surface area contributed by atoms with Crippen LogP contribution in [0.2, 0.25) is 0 Å². The van der Waals surface area contributed by atoms with Crippen LogP contribution in [0.25, 0.3) is 10.9 Å². The first kappa shape index (κ1) is 12.9. The van der Waals surface area contributed by atoms with Crippen LogP contribution >= 0.6 is 0 Å². The average Bonchev–Trinajstić information content (AvgIpc) is 2.93. The van der Waals surface area contributed by atoms with Crippen molar-refractivity contribution in [1.82, 2.24) is 9.88 Å². The Morgan fingerprint density at radius 2 is 2.14 bits per heavy atom. The standard InChI is InChI=1S/C17H22N4/c1-12-10-20-9-3-4-13(20)11-21(12)16-7-8-19-17-14(16)5-2-6-15(17)18/h2,5-8,12-13H,3-4,9-11,18H2,1H3. The van der Waals surface area contributed by atoms with Crippen LogP contribution in [0.15, 0.2) is 30.5 Å². The highest BCUT2D eigenvalue weighted by atomic mass is 15.3. The minimum atomic E-state index is 0.534. The van der Waals surface area contributed by atoms with Crippen molar-refractivity contribution >= 4 is 22.3 Å². The number of fused-ring (bicyclic) bond motifs is 2. The molecule has 110 valence electrons. The number of hydrogen-bond donors (Lipinski definition) is 1. The zero-order valence-corrected chi connectivity index (χ0v) is 12.5. The summed E-state index contributed by atoms with van der Waals surface area (Å²) in [6.45, 7) is 5.88. The third kappa shape index (κ3) is 2.05. The molecule has 2 atom stereocenters. The lowest BCUT2D eigenvalue weighted by Gasteiger charge is -2.44. The second kappa shape index (κ2) is 4.88. The predicted molar refractivity (Wildman–Crippen MR) is 87.6 cm³/mol. The van der Waals surface area contributed by atoms with Crippen molar-refractivity contribution in [2.45, 2.75) is 31.8 Å². The van der Waals surface area contributed by atoms with E-state index in [1.165, 1.54) is 30.5 Å². The zero-order chi connectivity index (χ0) is 14.4. The van der Waals surface area contributed by atoms with Gasteiger partial charge in [0.1, 0.15) is 0 Å². The van der Waals surface area contributed by atoms with Gasteiger partial charge in [-0.05, 0) is 38.4 Å². The van der Waals surface area contributed by atoms with Crippen molar-refractivity contribution in [2.75, 3.05) is 30.3 Å². The SMILES string of the molecule is CC1CN2CCCC2CN1c1ccnc2c(N)cccc12. The van der Waals surface area contributed by atoms with Gasteiger partial charge in [-0.3, -0.25) is 9.88 Å². The Morgan fingerprint density at radius 1 is 1.24 bits per heavy atom. The highest BCUT2D eigenvalue weighted by molar-refractivity contribution is 5.98. The van der Waals surface area contributed by atoms with E-state index < -0.39 is 0 Å². The van der Waals surface area contributed by atoms with Crippen molar-refractivity contribution in [2.24, 2.45) is 0 Å². The molecule has 0 bridgehead atoms. The van der Waals surface area contributed by atoms with Gasteiger partial charge in [-0.15, -0.1) is 0 Å². The quantitative estimate of drug-likeness (QED) is 0.816. The van der Waals surface area contributed by atoms with Gasteiger partial charge in [0, 0.05) is 42.4 Å². The van der Waals surface area contributed by atoms with E-state index in [0.29, 0.717) is 12.1 Å². The summed E-state index contributed by atoms with van der Waals surface area (Å²) in [5, 5.41) is 1.18. The normalized spacial score (nSPS) is 26.2. The van der Waals surface area contributed by atoms with E-state index in [4.69, 9.17) is 5.73 Å². The van der Waals surface area contributed by atoms with Crippen molar-refractivity contribution < 1.29 is 0 Å². The summed E-state index contributed by atoms with van der Waals surface area (Å²) in [6.07, 6.45) is 4.56. The van der Waals surface area contributed by atoms with E-state index in [1.54, 1.807) is 0 Å². The Hall–Kier alpha value is -1.81. The van der Waals surface area contributed by atoms with Crippen molar-refractivity contribution in [3.8, 4) is 0 Å². The van der Waals surface area contributed by atoms with Gasteiger partial charge in [-0.2, -0.15) is 0 Å². The molecule has 1 aromatic carbocycles. The van der Waals surface area contributed by atoms with Gasteiger partial charge < -0.3 is 10.6 Å². The summed E-state index contributed by atoms with van der Waals surface area (Å²) in [7, 11) is 0. The molecular weight excluding hydrogens is 260 g/mol. The lowest BCUT2D eigenvalue weighted by Crippen LogP contribution is -2.55. The van der Waals surface area contributed by atoms with Crippen LogP contribution in [0, 0.1) is 0 Å². The lowest BCUT2D eigenvalue weighted by atomic mass is 10.0. The average molecular weight is 282 g/mol. The lowest BCUT2D eigenvalue weighted by molar-refractivity contribution is 0.203. The van der Waals surface area contributed by atoms with Crippen LogP contribution in [0.5, 0.6) is 0 Å². The van der Waals surface area contributed by atoms with Gasteiger partial charge in [0.05, 0.1) is 11.2 Å². The Morgan fingerprint density at radius 3 is 3.05 bits per heavy atom. The molecular formula is C17H22N4. The van der Waals surface area contributed by atoms with E-state index in [-0.39, 0.29) is 0 Å². The Labute approximate surface area is 125 Å². The molecule has 0 spiro atoms. The Kier molecular flexibility index (Phi) is 3.00. The van der Waals surface area contributed by atoms with E-state index in [1.807, 2.05) is 18.3 Å². The predicted octanol–water partition coefficient (Wildman–Crippen LogP) is 2.49. The minimum Gasteiger partial charge on any atom is -0.397 e. The highest BCUT2D eigenvalue weighted by Gasteiger charge is 2.34. The molecule has 2 aromatic rings. The topological polar surface area (TPSA) is 45.4 Å². The molecule has 2 saturated heterocycles. The van der Waals surface area contributed by atoms with Crippen molar-refractivity contribution in [1.29, 1.82) is 0 Å². The molecule has 0 aliphatic carbocycles. The number of anilines is 2. The number of rotatable bonds is 1. The molecule has 0 radical (unpaired) electrons. The number of nitrogens with zero attached hydrogens (tertiary/aromatic N) is 3. The summed E-state index contributed by atoms with van der Waals surface area (Å²) < 4.78 is 0. The molecule has 4 rings (SSSR count). The first-order valence-corrected chi connectivity index (χ1v) is 7.88. The summed E-state index contributed by atoms with van der Waals surface area (Å²) in [5.41, 5.74) is 9.06. The van der Waals surface area contributed by atoms with Crippen molar-refractivity contribution in [3.05, 3.63) is 30.5 Å². The summed E-state index contributed by atoms with van der Waals surface area (Å²) in [5.74, 6) is 0. The highest BCUT2D eigenvalue weighted by Crippen LogP contribution is 2.33. The molecule has 4 heteroatoms. The number of benzene rings is 1. The summed E-state index contributed by atoms with van der Waals surface area (Å²) >= 11 is 0. The molecule has 2 fully saturated rings.